The van der Waals surface area contributed by atoms with E-state index < -0.39 is 5.60 Å². The number of hydrogen-bond acceptors (Lipinski definition) is 7. The fraction of sp³-hybridized carbons (Fsp3) is 0.680. The molecule has 0 N–H and O–H groups in total. The standard InChI is InChI=1S/C25H37N7O2/c1-17-12-32(23(33)34-24(3,4)5)18(2)11-31(17)22-20-21(26-16-27-22)30(15-25(20)8-7-9-25)14-19-10-28-29(6)13-19/h10,13,16-18H,7-9,11-12,14-15H2,1-6H3/t17-,18+/m0/s1. The second-order valence-electron chi connectivity index (χ2n) is 11.4. The third-order valence-corrected chi connectivity index (χ3v) is 7.46. The molecule has 0 aromatic carbocycles. The zero-order valence-corrected chi connectivity index (χ0v) is 21.3. The number of amides is 1. The van der Waals surface area contributed by atoms with Crippen LogP contribution in [-0.4, -0.2) is 68.1 Å². The fourth-order valence-corrected chi connectivity index (χ4v) is 5.73. The third kappa shape index (κ3) is 3.99. The molecule has 34 heavy (non-hydrogen) atoms. The molecule has 0 bridgehead atoms. The number of carbonyl (C=O) groups is 1. The van der Waals surface area contributed by atoms with Gasteiger partial charge in [0.2, 0.25) is 0 Å². The van der Waals surface area contributed by atoms with E-state index in [1.165, 1.54) is 30.4 Å². The van der Waals surface area contributed by atoms with E-state index in [4.69, 9.17) is 14.7 Å². The lowest BCUT2D eigenvalue weighted by Gasteiger charge is -2.46. The summed E-state index contributed by atoms with van der Waals surface area (Å²) in [4.78, 5) is 29.1. The second kappa shape index (κ2) is 8.13. The van der Waals surface area contributed by atoms with Gasteiger partial charge < -0.3 is 19.4 Å². The molecule has 2 aromatic heterocycles. The SMILES string of the molecule is C[C@@H]1CN(c2ncnc3c2C2(CCC2)CN3Cc2cnn(C)c2)[C@@H](C)CN1C(=O)OC(C)(C)C. The van der Waals surface area contributed by atoms with Gasteiger partial charge in [-0.05, 0) is 47.5 Å². The van der Waals surface area contributed by atoms with Crippen LogP contribution in [-0.2, 0) is 23.7 Å². The van der Waals surface area contributed by atoms with E-state index in [9.17, 15) is 4.79 Å². The Hall–Kier alpha value is -2.84. The number of nitrogens with zero attached hydrogens (tertiary/aromatic N) is 7. The van der Waals surface area contributed by atoms with Crippen LogP contribution >= 0.6 is 0 Å². The molecule has 2 aliphatic heterocycles. The summed E-state index contributed by atoms with van der Waals surface area (Å²) < 4.78 is 7.52. The Morgan fingerprint density at radius 2 is 1.88 bits per heavy atom. The Kier molecular flexibility index (Phi) is 5.48. The Morgan fingerprint density at radius 3 is 2.50 bits per heavy atom. The van der Waals surface area contributed by atoms with Crippen molar-refractivity contribution < 1.29 is 9.53 Å². The number of piperazine rings is 1. The minimum absolute atomic E-state index is 0.0295. The van der Waals surface area contributed by atoms with E-state index in [1.54, 1.807) is 6.33 Å². The van der Waals surface area contributed by atoms with Gasteiger partial charge >= 0.3 is 6.09 Å². The van der Waals surface area contributed by atoms with E-state index in [0.717, 1.165) is 31.3 Å². The summed E-state index contributed by atoms with van der Waals surface area (Å²) >= 11 is 0. The molecule has 2 fully saturated rings. The van der Waals surface area contributed by atoms with Gasteiger partial charge in [-0.2, -0.15) is 5.10 Å². The minimum Gasteiger partial charge on any atom is -0.444 e. The van der Waals surface area contributed by atoms with Gasteiger partial charge in [-0.15, -0.1) is 0 Å². The number of anilines is 2. The van der Waals surface area contributed by atoms with Crippen LogP contribution in [0.25, 0.3) is 0 Å². The summed E-state index contributed by atoms with van der Waals surface area (Å²) in [6.07, 6.45) is 9.07. The molecule has 0 radical (unpaired) electrons. The zero-order valence-electron chi connectivity index (χ0n) is 21.3. The first-order chi connectivity index (χ1) is 16.1. The van der Waals surface area contributed by atoms with E-state index in [-0.39, 0.29) is 23.6 Å². The third-order valence-electron chi connectivity index (χ3n) is 7.46. The molecule has 9 heteroatoms. The number of aromatic nitrogens is 4. The maximum Gasteiger partial charge on any atom is 0.410 e. The molecule has 9 nitrogen and oxygen atoms in total. The molecule has 2 aromatic rings. The van der Waals surface area contributed by atoms with Gasteiger partial charge in [0.15, 0.2) is 0 Å². The summed E-state index contributed by atoms with van der Waals surface area (Å²) in [5.74, 6) is 2.10. The van der Waals surface area contributed by atoms with Gasteiger partial charge in [0.1, 0.15) is 23.6 Å². The van der Waals surface area contributed by atoms with Crippen molar-refractivity contribution in [3.8, 4) is 0 Å². The Labute approximate surface area is 202 Å². The van der Waals surface area contributed by atoms with Crippen LogP contribution < -0.4 is 9.80 Å². The number of aryl methyl sites for hydroxylation is 1. The van der Waals surface area contributed by atoms with E-state index in [1.807, 2.05) is 43.6 Å². The van der Waals surface area contributed by atoms with Gasteiger partial charge in [-0.25, -0.2) is 14.8 Å². The van der Waals surface area contributed by atoms with E-state index >= 15 is 0 Å². The second-order valence-corrected chi connectivity index (χ2v) is 11.4. The zero-order chi connectivity index (χ0) is 24.3. The predicted octanol–water partition coefficient (Wildman–Crippen LogP) is 3.49. The number of hydrogen-bond donors (Lipinski definition) is 0. The Balaban J connectivity index is 1.43. The average Bonchev–Trinajstić information content (AvgIpc) is 3.29. The van der Waals surface area contributed by atoms with Crippen molar-refractivity contribution in [3.63, 3.8) is 0 Å². The molecule has 4 heterocycles. The highest BCUT2D eigenvalue weighted by Crippen LogP contribution is 2.55. The maximum atomic E-state index is 12.8. The van der Waals surface area contributed by atoms with Crippen LogP contribution in [0, 0.1) is 0 Å². The molecule has 1 saturated carbocycles. The van der Waals surface area contributed by atoms with Crippen LogP contribution in [0.3, 0.4) is 0 Å². The van der Waals surface area contributed by atoms with Gasteiger partial charge in [-0.3, -0.25) is 4.68 Å². The fourth-order valence-electron chi connectivity index (χ4n) is 5.73. The first kappa shape index (κ1) is 22.9. The molecular formula is C25H37N7O2. The lowest BCUT2D eigenvalue weighted by Crippen LogP contribution is -2.59. The maximum absolute atomic E-state index is 12.8. The van der Waals surface area contributed by atoms with Gasteiger partial charge in [0, 0.05) is 68.0 Å². The van der Waals surface area contributed by atoms with Gasteiger partial charge in [0.05, 0.1) is 6.20 Å². The van der Waals surface area contributed by atoms with Gasteiger partial charge in [-0.1, -0.05) is 6.42 Å². The van der Waals surface area contributed by atoms with Crippen LogP contribution in [0.2, 0.25) is 0 Å². The summed E-state index contributed by atoms with van der Waals surface area (Å²) in [5.41, 5.74) is 2.12. The molecule has 0 unspecified atom stereocenters. The summed E-state index contributed by atoms with van der Waals surface area (Å²) in [6, 6.07) is 0.161. The number of carbonyl (C=O) groups excluding carboxylic acids is 1. The van der Waals surface area contributed by atoms with Crippen molar-refractivity contribution in [2.75, 3.05) is 29.4 Å². The summed E-state index contributed by atoms with van der Waals surface area (Å²) in [6.45, 7) is 13.1. The molecule has 5 rings (SSSR count). The average molecular weight is 468 g/mol. The molecule has 3 aliphatic rings. The van der Waals surface area contributed by atoms with Crippen molar-refractivity contribution in [2.24, 2.45) is 7.05 Å². The first-order valence-electron chi connectivity index (χ1n) is 12.4. The molecule has 1 saturated heterocycles. The molecular weight excluding hydrogens is 430 g/mol. The van der Waals surface area contributed by atoms with Crippen molar-refractivity contribution in [2.45, 2.75) is 83.5 Å². The molecule has 184 valence electrons. The molecule has 2 atom stereocenters. The lowest BCUT2D eigenvalue weighted by molar-refractivity contribution is 0.0129. The molecule has 1 aliphatic carbocycles. The predicted molar refractivity (Wildman–Crippen MR) is 131 cm³/mol. The number of fused-ring (bicyclic) bond motifs is 2. The summed E-state index contributed by atoms with van der Waals surface area (Å²) in [5, 5.41) is 4.34. The van der Waals surface area contributed by atoms with Gasteiger partial charge in [0.25, 0.3) is 0 Å². The monoisotopic (exact) mass is 467 g/mol. The first-order valence-corrected chi connectivity index (χ1v) is 12.4. The largest absolute Gasteiger partial charge is 0.444 e. The Bertz CT molecular complexity index is 1070. The van der Waals surface area contributed by atoms with Crippen molar-refractivity contribution in [1.29, 1.82) is 0 Å². The smallest absolute Gasteiger partial charge is 0.410 e. The van der Waals surface area contributed by atoms with Crippen molar-refractivity contribution in [1.82, 2.24) is 24.6 Å². The number of rotatable bonds is 3. The van der Waals surface area contributed by atoms with Crippen LogP contribution in [0.1, 0.15) is 65.0 Å². The summed E-state index contributed by atoms with van der Waals surface area (Å²) in [7, 11) is 1.95. The highest BCUT2D eigenvalue weighted by atomic mass is 16.6. The molecule has 1 spiro atoms. The van der Waals surface area contributed by atoms with Crippen LogP contribution in [0.5, 0.6) is 0 Å². The van der Waals surface area contributed by atoms with Crippen LogP contribution in [0.4, 0.5) is 16.4 Å². The minimum atomic E-state index is -0.501. The van der Waals surface area contributed by atoms with Crippen molar-refractivity contribution in [3.05, 3.63) is 29.8 Å². The topological polar surface area (TPSA) is 79.6 Å². The Morgan fingerprint density at radius 1 is 1.15 bits per heavy atom. The molecule has 1 amide bonds. The lowest BCUT2D eigenvalue weighted by atomic mass is 9.66. The highest BCUT2D eigenvalue weighted by molar-refractivity contribution is 5.71. The van der Waals surface area contributed by atoms with Crippen LogP contribution in [0.15, 0.2) is 18.7 Å². The van der Waals surface area contributed by atoms with E-state index in [2.05, 4.69) is 34.9 Å². The normalized spacial score (nSPS) is 23.8. The quantitative estimate of drug-likeness (QED) is 0.684. The van der Waals surface area contributed by atoms with E-state index in [0.29, 0.717) is 6.54 Å². The van der Waals surface area contributed by atoms with Crippen molar-refractivity contribution >= 4 is 17.7 Å². The number of ether oxygens (including phenoxy) is 1. The highest BCUT2D eigenvalue weighted by Gasteiger charge is 2.51.